The van der Waals surface area contributed by atoms with Crippen LogP contribution in [0.5, 0.6) is 0 Å². The molecule has 156 valence electrons. The van der Waals surface area contributed by atoms with Gasteiger partial charge in [0.25, 0.3) is 0 Å². The molecule has 0 saturated carbocycles. The van der Waals surface area contributed by atoms with Crippen LogP contribution in [0.1, 0.15) is 30.5 Å². The Morgan fingerprint density at radius 2 is 1.83 bits per heavy atom. The molecule has 0 bridgehead atoms. The molecule has 0 amide bonds. The van der Waals surface area contributed by atoms with Crippen molar-refractivity contribution in [3.63, 3.8) is 0 Å². The van der Waals surface area contributed by atoms with Crippen molar-refractivity contribution in [2.45, 2.75) is 19.4 Å². The number of benzene rings is 2. The molecule has 2 aromatic rings. The summed E-state index contributed by atoms with van der Waals surface area (Å²) < 4.78 is 64.7. The molecular weight excluding hydrogens is 441 g/mol. The van der Waals surface area contributed by atoms with Gasteiger partial charge in [0.1, 0.15) is 5.82 Å². The minimum atomic E-state index is -3.68. The van der Waals surface area contributed by atoms with Gasteiger partial charge >= 0.3 is 0 Å². The van der Waals surface area contributed by atoms with Gasteiger partial charge in [0.15, 0.2) is 0 Å². The van der Waals surface area contributed by atoms with Crippen molar-refractivity contribution in [1.29, 1.82) is 0 Å². The molecule has 7 nitrogen and oxygen atoms in total. The van der Waals surface area contributed by atoms with Crippen molar-refractivity contribution in [1.82, 2.24) is 4.41 Å². The smallest absolute Gasteiger partial charge is 0.247 e. The maximum atomic E-state index is 13.5. The lowest BCUT2D eigenvalue weighted by atomic mass is 9.99. The number of sulfonamides is 2. The minimum Gasteiger partial charge on any atom is -0.284 e. The average molecular weight is 460 g/mol. The van der Waals surface area contributed by atoms with Crippen molar-refractivity contribution in [3.8, 4) is 0 Å². The van der Waals surface area contributed by atoms with Gasteiger partial charge in [-0.3, -0.25) is 4.72 Å². The molecule has 0 aliphatic carbocycles. The number of hydrogen-bond acceptors (Lipinski definition) is 5. The number of nitrogens with zero attached hydrogens (tertiary/aromatic N) is 2. The number of halogens is 2. The monoisotopic (exact) mass is 459 g/mol. The largest absolute Gasteiger partial charge is 0.284 e. The Kier molecular flexibility index (Phi) is 5.88. The predicted octanol–water partition coefficient (Wildman–Crippen LogP) is 3.35. The summed E-state index contributed by atoms with van der Waals surface area (Å²) in [6.07, 6.45) is 1.30. The van der Waals surface area contributed by atoms with Gasteiger partial charge in [-0.25, -0.2) is 21.2 Å². The minimum absolute atomic E-state index is 0.0489. The van der Waals surface area contributed by atoms with E-state index < -0.39 is 31.9 Å². The third-order valence-corrected chi connectivity index (χ3v) is 7.02. The number of nitrogens with one attached hydrogen (secondary N) is 1. The topological polar surface area (TPSA) is 95.9 Å². The van der Waals surface area contributed by atoms with Crippen molar-refractivity contribution in [2.75, 3.05) is 16.7 Å². The highest BCUT2D eigenvalue weighted by atomic mass is 35.5. The van der Waals surface area contributed by atoms with Crippen LogP contribution in [0.3, 0.4) is 0 Å². The zero-order valence-electron chi connectivity index (χ0n) is 15.6. The van der Waals surface area contributed by atoms with Crippen molar-refractivity contribution in [3.05, 3.63) is 64.4 Å². The lowest BCUT2D eigenvalue weighted by molar-refractivity contribution is 0.374. The van der Waals surface area contributed by atoms with E-state index in [1.54, 1.807) is 24.3 Å². The summed E-state index contributed by atoms with van der Waals surface area (Å²) in [5.41, 5.74) is 2.07. The molecule has 2 aromatic carbocycles. The van der Waals surface area contributed by atoms with E-state index in [9.17, 15) is 21.2 Å². The van der Waals surface area contributed by atoms with E-state index in [2.05, 4.69) is 9.82 Å². The van der Waals surface area contributed by atoms with E-state index in [1.165, 1.54) is 25.1 Å². The summed E-state index contributed by atoms with van der Waals surface area (Å²) in [7, 11) is -7.08. The maximum Gasteiger partial charge on any atom is 0.247 e. The molecule has 0 aromatic heterocycles. The summed E-state index contributed by atoms with van der Waals surface area (Å²) >= 11 is 5.85. The molecule has 1 heterocycles. The van der Waals surface area contributed by atoms with Crippen LogP contribution in [0.15, 0.2) is 47.6 Å². The molecule has 0 unspecified atom stereocenters. The fourth-order valence-corrected chi connectivity index (χ4v) is 4.65. The lowest BCUT2D eigenvalue weighted by Gasteiger charge is -2.21. The van der Waals surface area contributed by atoms with E-state index >= 15 is 0 Å². The summed E-state index contributed by atoms with van der Waals surface area (Å²) in [6.45, 7) is 1.53. The van der Waals surface area contributed by atoms with E-state index in [0.29, 0.717) is 22.5 Å². The summed E-state index contributed by atoms with van der Waals surface area (Å²) in [5.74, 6) is -0.641. The van der Waals surface area contributed by atoms with Crippen LogP contribution in [-0.2, 0) is 20.0 Å². The zero-order valence-corrected chi connectivity index (χ0v) is 18.0. The van der Waals surface area contributed by atoms with Crippen LogP contribution >= 0.6 is 11.6 Å². The van der Waals surface area contributed by atoms with Gasteiger partial charge in [-0.05, 0) is 42.3 Å². The first-order valence-electron chi connectivity index (χ1n) is 8.63. The molecule has 1 N–H and O–H groups in total. The van der Waals surface area contributed by atoms with Crippen molar-refractivity contribution >= 4 is 43.0 Å². The van der Waals surface area contributed by atoms with E-state index in [4.69, 9.17) is 11.6 Å². The summed E-state index contributed by atoms with van der Waals surface area (Å²) in [5, 5.41) is 4.15. The van der Waals surface area contributed by atoms with Gasteiger partial charge in [0.2, 0.25) is 20.0 Å². The predicted molar refractivity (Wildman–Crippen MR) is 112 cm³/mol. The van der Waals surface area contributed by atoms with Gasteiger partial charge in [0, 0.05) is 12.1 Å². The third kappa shape index (κ3) is 4.88. The highest BCUT2D eigenvalue weighted by Crippen LogP contribution is 2.36. The summed E-state index contributed by atoms with van der Waals surface area (Å²) in [4.78, 5) is 0. The van der Waals surface area contributed by atoms with Crippen LogP contribution in [0.25, 0.3) is 0 Å². The quantitative estimate of drug-likeness (QED) is 0.716. The standard InChI is InChI=1S/C18H19ClFN3O4S2/c1-3-29(26,27)22-14-7-4-12(5-8-14)17-11-18(23(21-17)28(2,24)25)13-6-9-16(20)15(19)10-13/h4-10,18,22H,3,11H2,1-2H3/t18-/m1/s1. The highest BCUT2D eigenvalue weighted by Gasteiger charge is 2.34. The van der Waals surface area contributed by atoms with Gasteiger partial charge < -0.3 is 0 Å². The zero-order chi connectivity index (χ0) is 21.4. The van der Waals surface area contributed by atoms with Gasteiger partial charge in [-0.2, -0.15) is 9.52 Å². The Labute approximate surface area is 174 Å². The van der Waals surface area contributed by atoms with Crippen molar-refractivity contribution < 1.29 is 21.2 Å². The molecule has 3 rings (SSSR count). The Hall–Kier alpha value is -2.17. The number of hydrazone groups is 1. The van der Waals surface area contributed by atoms with Crippen LogP contribution in [0.2, 0.25) is 5.02 Å². The van der Waals surface area contributed by atoms with Gasteiger partial charge in [0.05, 0.1) is 28.8 Å². The number of anilines is 1. The van der Waals surface area contributed by atoms with Crippen LogP contribution in [-0.4, -0.2) is 39.0 Å². The molecule has 0 saturated heterocycles. The molecule has 1 aliphatic heterocycles. The van der Waals surface area contributed by atoms with Gasteiger partial charge in [-0.1, -0.05) is 29.8 Å². The van der Waals surface area contributed by atoms with Crippen LogP contribution in [0.4, 0.5) is 10.1 Å². The van der Waals surface area contributed by atoms with E-state index in [1.807, 2.05) is 0 Å². The second kappa shape index (κ2) is 7.92. The van der Waals surface area contributed by atoms with Crippen LogP contribution in [0, 0.1) is 5.82 Å². The molecule has 1 atom stereocenters. The molecule has 29 heavy (non-hydrogen) atoms. The highest BCUT2D eigenvalue weighted by molar-refractivity contribution is 7.92. The Morgan fingerprint density at radius 3 is 2.38 bits per heavy atom. The molecular formula is C18H19ClFN3O4S2. The fourth-order valence-electron chi connectivity index (χ4n) is 2.92. The Morgan fingerprint density at radius 1 is 1.17 bits per heavy atom. The second-order valence-corrected chi connectivity index (χ2v) is 10.8. The maximum absolute atomic E-state index is 13.5. The third-order valence-electron chi connectivity index (χ3n) is 4.41. The Bertz CT molecular complexity index is 1170. The SMILES string of the molecule is CCS(=O)(=O)Nc1ccc(C2=NN(S(C)(=O)=O)[C@@H](c3ccc(F)c(Cl)c3)C2)cc1. The molecule has 0 spiro atoms. The molecule has 1 aliphatic rings. The first kappa shape index (κ1) is 21.5. The van der Waals surface area contributed by atoms with E-state index in [0.717, 1.165) is 10.7 Å². The van der Waals surface area contributed by atoms with E-state index in [-0.39, 0.29) is 17.2 Å². The first-order valence-corrected chi connectivity index (χ1v) is 12.5. The van der Waals surface area contributed by atoms with Crippen molar-refractivity contribution in [2.24, 2.45) is 5.10 Å². The average Bonchev–Trinajstić information content (AvgIpc) is 3.10. The second-order valence-electron chi connectivity index (χ2n) is 6.56. The molecule has 0 fully saturated rings. The van der Waals surface area contributed by atoms with Gasteiger partial charge in [-0.15, -0.1) is 0 Å². The number of hydrogen-bond donors (Lipinski definition) is 1. The first-order chi connectivity index (χ1) is 13.5. The molecule has 11 heteroatoms. The Balaban J connectivity index is 1.91. The molecule has 0 radical (unpaired) electrons. The summed E-state index contributed by atoms with van der Waals surface area (Å²) in [6, 6.07) is 9.88. The number of rotatable bonds is 6. The normalized spacial score (nSPS) is 17.3. The fraction of sp³-hybridized carbons (Fsp3) is 0.278. The lowest BCUT2D eigenvalue weighted by Crippen LogP contribution is -2.25. The van der Waals surface area contributed by atoms with Crippen LogP contribution < -0.4 is 4.72 Å².